The van der Waals surface area contributed by atoms with Gasteiger partial charge < -0.3 is 10.1 Å². The Bertz CT molecular complexity index is 295. The van der Waals surface area contributed by atoms with Crippen LogP contribution in [-0.4, -0.2) is 19.1 Å². The summed E-state index contributed by atoms with van der Waals surface area (Å²) in [6, 6.07) is 0.150. The van der Waals surface area contributed by atoms with Gasteiger partial charge in [0.1, 0.15) is 5.75 Å². The van der Waals surface area contributed by atoms with E-state index in [4.69, 9.17) is 4.74 Å². The van der Waals surface area contributed by atoms with Crippen molar-refractivity contribution < 1.29 is 9.53 Å². The van der Waals surface area contributed by atoms with Gasteiger partial charge in [0.05, 0.1) is 12.7 Å². The molecule has 0 aliphatic heterocycles. The van der Waals surface area contributed by atoms with Crippen LogP contribution in [0.4, 0.5) is 0 Å². The molecule has 4 heteroatoms. The Morgan fingerprint density at radius 1 is 1.40 bits per heavy atom. The highest BCUT2D eigenvalue weighted by molar-refractivity contribution is 7.08. The van der Waals surface area contributed by atoms with Crippen molar-refractivity contribution in [1.82, 2.24) is 5.32 Å². The van der Waals surface area contributed by atoms with Crippen LogP contribution in [0.2, 0.25) is 0 Å². The summed E-state index contributed by atoms with van der Waals surface area (Å²) in [7, 11) is 1.56. The highest BCUT2D eigenvalue weighted by Crippen LogP contribution is 2.22. The second-order valence-corrected chi connectivity index (χ2v) is 3.73. The minimum absolute atomic E-state index is 0.0758. The molecule has 0 atom stereocenters. The first kappa shape index (κ1) is 14.0. The van der Waals surface area contributed by atoms with Crippen molar-refractivity contribution in [3.8, 4) is 5.75 Å². The number of ether oxygens (including phenoxy) is 1. The average Bonchev–Trinajstić information content (AvgIpc) is 2.67. The molecule has 1 N–H and O–H groups in total. The van der Waals surface area contributed by atoms with Gasteiger partial charge >= 0.3 is 0 Å². The molecular formula is C11H19NO2S. The van der Waals surface area contributed by atoms with E-state index in [2.05, 4.69) is 5.32 Å². The van der Waals surface area contributed by atoms with Gasteiger partial charge in [0.15, 0.2) is 0 Å². The third-order valence-electron chi connectivity index (χ3n) is 1.51. The number of rotatable bonds is 3. The molecule has 0 spiro atoms. The Morgan fingerprint density at radius 3 is 2.47 bits per heavy atom. The number of amides is 1. The molecule has 0 fully saturated rings. The number of carbonyl (C=O) groups excluding carboxylic acids is 1. The van der Waals surface area contributed by atoms with Crippen LogP contribution in [0, 0.1) is 0 Å². The lowest BCUT2D eigenvalue weighted by atomic mass is 10.2. The van der Waals surface area contributed by atoms with Crippen LogP contribution in [0.15, 0.2) is 10.8 Å². The molecule has 0 bridgehead atoms. The maximum absolute atomic E-state index is 11.5. The highest BCUT2D eigenvalue weighted by Gasteiger charge is 2.13. The van der Waals surface area contributed by atoms with E-state index in [1.54, 1.807) is 12.5 Å². The normalized spacial score (nSPS) is 9.20. The van der Waals surface area contributed by atoms with Gasteiger partial charge in [-0.05, 0) is 13.8 Å². The third kappa shape index (κ3) is 4.34. The van der Waals surface area contributed by atoms with Crippen LogP contribution in [0.3, 0.4) is 0 Å². The summed E-state index contributed by atoms with van der Waals surface area (Å²) in [4.78, 5) is 11.5. The first-order chi connectivity index (χ1) is 7.15. The monoisotopic (exact) mass is 229 g/mol. The smallest absolute Gasteiger partial charge is 0.256 e. The van der Waals surface area contributed by atoms with Gasteiger partial charge in [-0.1, -0.05) is 13.8 Å². The largest absolute Gasteiger partial charge is 0.495 e. The van der Waals surface area contributed by atoms with Crippen LogP contribution in [0.1, 0.15) is 38.1 Å². The van der Waals surface area contributed by atoms with E-state index in [0.717, 1.165) is 0 Å². The predicted octanol–water partition coefficient (Wildman–Crippen LogP) is 2.92. The fourth-order valence-electron chi connectivity index (χ4n) is 0.949. The zero-order chi connectivity index (χ0) is 11.8. The molecule has 0 saturated carbocycles. The summed E-state index contributed by atoms with van der Waals surface area (Å²) >= 11 is 1.46. The molecular weight excluding hydrogens is 210 g/mol. The van der Waals surface area contributed by atoms with Crippen molar-refractivity contribution in [1.29, 1.82) is 0 Å². The number of hydrogen-bond acceptors (Lipinski definition) is 3. The maximum Gasteiger partial charge on any atom is 0.256 e. The molecule has 15 heavy (non-hydrogen) atoms. The molecule has 1 aromatic rings. The van der Waals surface area contributed by atoms with Crippen molar-refractivity contribution in [2.24, 2.45) is 0 Å². The maximum atomic E-state index is 11.5. The number of methoxy groups -OCH3 is 1. The Hall–Kier alpha value is -1.03. The molecule has 0 aliphatic rings. The molecule has 1 rings (SSSR count). The number of thiophene rings is 1. The second kappa shape index (κ2) is 7.29. The standard InChI is InChI=1S/C9H13NO2S.C2H6/c1-6(2)10-9(11)7-4-13-5-8(7)12-3;1-2/h4-6H,1-3H3,(H,10,11);1-2H3. The quantitative estimate of drug-likeness (QED) is 0.865. The molecule has 1 aromatic heterocycles. The molecule has 0 aliphatic carbocycles. The highest BCUT2D eigenvalue weighted by atomic mass is 32.1. The van der Waals surface area contributed by atoms with Gasteiger partial charge in [0.2, 0.25) is 0 Å². The first-order valence-corrected chi connectivity index (χ1v) is 6.00. The van der Waals surface area contributed by atoms with Gasteiger partial charge in [0.25, 0.3) is 5.91 Å². The zero-order valence-electron chi connectivity index (χ0n) is 9.96. The van der Waals surface area contributed by atoms with Gasteiger partial charge in [-0.25, -0.2) is 0 Å². The predicted molar refractivity (Wildman–Crippen MR) is 64.8 cm³/mol. The number of nitrogens with one attached hydrogen (secondary N) is 1. The summed E-state index contributed by atoms with van der Waals surface area (Å²) in [6.07, 6.45) is 0. The van der Waals surface area contributed by atoms with E-state index in [9.17, 15) is 4.79 Å². The third-order valence-corrected chi connectivity index (χ3v) is 2.23. The molecule has 1 amide bonds. The Kier molecular flexibility index (Phi) is 6.79. The Labute approximate surface area is 95.5 Å². The SMILES string of the molecule is CC.COc1cscc1C(=O)NC(C)C. The van der Waals surface area contributed by atoms with Crippen molar-refractivity contribution in [2.45, 2.75) is 33.7 Å². The van der Waals surface area contributed by atoms with Crippen LogP contribution in [0.25, 0.3) is 0 Å². The van der Waals surface area contributed by atoms with E-state index in [1.807, 2.05) is 33.1 Å². The van der Waals surface area contributed by atoms with E-state index in [0.29, 0.717) is 11.3 Å². The summed E-state index contributed by atoms with van der Waals surface area (Å²) in [6.45, 7) is 7.85. The summed E-state index contributed by atoms with van der Waals surface area (Å²) in [5, 5.41) is 6.41. The van der Waals surface area contributed by atoms with E-state index in [-0.39, 0.29) is 11.9 Å². The number of carbonyl (C=O) groups is 1. The molecule has 1 heterocycles. The zero-order valence-corrected chi connectivity index (χ0v) is 10.8. The van der Waals surface area contributed by atoms with Crippen molar-refractivity contribution >= 4 is 17.2 Å². The lowest BCUT2D eigenvalue weighted by Gasteiger charge is -2.07. The average molecular weight is 229 g/mol. The Balaban J connectivity index is 0.000000921. The second-order valence-electron chi connectivity index (χ2n) is 2.98. The Morgan fingerprint density at radius 2 is 2.00 bits per heavy atom. The summed E-state index contributed by atoms with van der Waals surface area (Å²) < 4.78 is 5.04. The van der Waals surface area contributed by atoms with E-state index in [1.165, 1.54) is 11.3 Å². The van der Waals surface area contributed by atoms with Crippen LogP contribution < -0.4 is 10.1 Å². The molecule has 86 valence electrons. The summed E-state index contributed by atoms with van der Waals surface area (Å²) in [5.74, 6) is 0.566. The van der Waals surface area contributed by atoms with E-state index < -0.39 is 0 Å². The molecule has 0 aromatic carbocycles. The molecule has 0 radical (unpaired) electrons. The fraction of sp³-hybridized carbons (Fsp3) is 0.545. The van der Waals surface area contributed by atoms with Gasteiger partial charge in [-0.15, -0.1) is 11.3 Å². The molecule has 0 unspecified atom stereocenters. The van der Waals surface area contributed by atoms with Gasteiger partial charge in [0, 0.05) is 16.8 Å². The van der Waals surface area contributed by atoms with Crippen molar-refractivity contribution in [3.05, 3.63) is 16.3 Å². The van der Waals surface area contributed by atoms with Gasteiger partial charge in [-0.2, -0.15) is 0 Å². The van der Waals surface area contributed by atoms with Crippen LogP contribution >= 0.6 is 11.3 Å². The molecule has 0 saturated heterocycles. The van der Waals surface area contributed by atoms with Crippen molar-refractivity contribution in [2.75, 3.05) is 7.11 Å². The van der Waals surface area contributed by atoms with Crippen LogP contribution in [-0.2, 0) is 0 Å². The lowest BCUT2D eigenvalue weighted by molar-refractivity contribution is 0.0940. The minimum Gasteiger partial charge on any atom is -0.495 e. The van der Waals surface area contributed by atoms with Crippen molar-refractivity contribution in [3.63, 3.8) is 0 Å². The fourth-order valence-corrected chi connectivity index (χ4v) is 1.72. The van der Waals surface area contributed by atoms with Gasteiger partial charge in [-0.3, -0.25) is 4.79 Å². The molecule has 3 nitrogen and oxygen atoms in total. The van der Waals surface area contributed by atoms with Crippen LogP contribution in [0.5, 0.6) is 5.75 Å². The topological polar surface area (TPSA) is 38.3 Å². The first-order valence-electron chi connectivity index (χ1n) is 5.06. The lowest BCUT2D eigenvalue weighted by Crippen LogP contribution is -2.29. The minimum atomic E-state index is -0.0758. The number of hydrogen-bond donors (Lipinski definition) is 1. The summed E-state index contributed by atoms with van der Waals surface area (Å²) in [5.41, 5.74) is 0.612. The van der Waals surface area contributed by atoms with E-state index >= 15 is 0 Å².